The summed E-state index contributed by atoms with van der Waals surface area (Å²) in [4.78, 5) is 0. The number of hydrogen-bond donors (Lipinski definition) is 1. The van der Waals surface area contributed by atoms with Crippen LogP contribution >= 0.6 is 23.2 Å². The van der Waals surface area contributed by atoms with Gasteiger partial charge in [-0.2, -0.15) is 0 Å². The van der Waals surface area contributed by atoms with Crippen LogP contribution in [0.4, 0.5) is 10.1 Å². The number of hydrogen-bond acceptors (Lipinski definition) is 1. The molecule has 17 heavy (non-hydrogen) atoms. The van der Waals surface area contributed by atoms with Gasteiger partial charge in [0.2, 0.25) is 0 Å². The van der Waals surface area contributed by atoms with Gasteiger partial charge >= 0.3 is 0 Å². The molecule has 0 unspecified atom stereocenters. The maximum absolute atomic E-state index is 13.4. The van der Waals surface area contributed by atoms with Gasteiger partial charge in [0.25, 0.3) is 0 Å². The van der Waals surface area contributed by atoms with E-state index in [0.29, 0.717) is 22.3 Å². The fraction of sp³-hybridized carbons (Fsp3) is 0.0769. The van der Waals surface area contributed by atoms with Gasteiger partial charge in [0.15, 0.2) is 0 Å². The molecule has 0 fully saturated rings. The highest BCUT2D eigenvalue weighted by Gasteiger charge is 2.03. The summed E-state index contributed by atoms with van der Waals surface area (Å²) in [7, 11) is 0. The zero-order chi connectivity index (χ0) is 12.3. The van der Waals surface area contributed by atoms with Crippen LogP contribution in [-0.2, 0) is 6.54 Å². The first-order valence-corrected chi connectivity index (χ1v) is 5.85. The summed E-state index contributed by atoms with van der Waals surface area (Å²) >= 11 is 11.9. The zero-order valence-electron chi connectivity index (χ0n) is 8.88. The van der Waals surface area contributed by atoms with Gasteiger partial charge < -0.3 is 5.32 Å². The van der Waals surface area contributed by atoms with Crippen LogP contribution in [0.3, 0.4) is 0 Å². The van der Waals surface area contributed by atoms with Gasteiger partial charge in [0.1, 0.15) is 5.82 Å². The molecule has 88 valence electrons. The zero-order valence-corrected chi connectivity index (χ0v) is 10.4. The van der Waals surface area contributed by atoms with Crippen molar-refractivity contribution in [2.24, 2.45) is 0 Å². The normalized spacial score (nSPS) is 10.3. The second-order valence-electron chi connectivity index (χ2n) is 3.57. The average Bonchev–Trinajstić information content (AvgIpc) is 2.32. The maximum Gasteiger partial charge on any atom is 0.146 e. The van der Waals surface area contributed by atoms with E-state index in [-0.39, 0.29) is 5.82 Å². The van der Waals surface area contributed by atoms with Crippen LogP contribution in [0, 0.1) is 5.82 Å². The van der Waals surface area contributed by atoms with Crippen molar-refractivity contribution in [3.8, 4) is 0 Å². The highest BCUT2D eigenvalue weighted by Crippen LogP contribution is 2.22. The Morgan fingerprint density at radius 3 is 2.59 bits per heavy atom. The van der Waals surface area contributed by atoms with E-state index in [4.69, 9.17) is 23.2 Å². The SMILES string of the molecule is Fc1ccccc1NCc1cc(Cl)ccc1Cl. The average molecular weight is 270 g/mol. The Morgan fingerprint density at radius 2 is 1.82 bits per heavy atom. The lowest BCUT2D eigenvalue weighted by Crippen LogP contribution is -2.01. The molecule has 0 bridgehead atoms. The molecule has 0 heterocycles. The number of para-hydroxylation sites is 1. The minimum Gasteiger partial charge on any atom is -0.379 e. The van der Waals surface area contributed by atoms with Crippen molar-refractivity contribution in [2.45, 2.75) is 6.54 Å². The molecular weight excluding hydrogens is 260 g/mol. The molecule has 1 N–H and O–H groups in total. The Kier molecular flexibility index (Phi) is 3.87. The molecule has 0 saturated heterocycles. The smallest absolute Gasteiger partial charge is 0.146 e. The van der Waals surface area contributed by atoms with Crippen molar-refractivity contribution < 1.29 is 4.39 Å². The minimum absolute atomic E-state index is 0.286. The van der Waals surface area contributed by atoms with E-state index in [1.54, 1.807) is 36.4 Å². The number of anilines is 1. The minimum atomic E-state index is -0.286. The molecule has 0 radical (unpaired) electrons. The van der Waals surface area contributed by atoms with Gasteiger partial charge in [0.05, 0.1) is 5.69 Å². The summed E-state index contributed by atoms with van der Waals surface area (Å²) in [6.07, 6.45) is 0. The first-order chi connectivity index (χ1) is 8.16. The standard InChI is InChI=1S/C13H10Cl2FN/c14-10-5-6-11(15)9(7-10)8-17-13-4-2-1-3-12(13)16/h1-7,17H,8H2. The molecular formula is C13H10Cl2FN. The Labute approximate surface area is 109 Å². The van der Waals surface area contributed by atoms with Crippen LogP contribution in [0.2, 0.25) is 10.0 Å². The van der Waals surface area contributed by atoms with E-state index in [1.165, 1.54) is 6.07 Å². The van der Waals surface area contributed by atoms with Crippen molar-refractivity contribution >= 4 is 28.9 Å². The molecule has 0 atom stereocenters. The molecule has 0 aromatic heterocycles. The molecule has 4 heteroatoms. The highest BCUT2D eigenvalue weighted by molar-refractivity contribution is 6.33. The van der Waals surface area contributed by atoms with Crippen LogP contribution in [0.25, 0.3) is 0 Å². The van der Waals surface area contributed by atoms with Crippen LogP contribution in [0.5, 0.6) is 0 Å². The summed E-state index contributed by atoms with van der Waals surface area (Å²) in [5, 5.41) is 4.20. The summed E-state index contributed by atoms with van der Waals surface area (Å²) in [5.74, 6) is -0.286. The summed E-state index contributed by atoms with van der Waals surface area (Å²) in [6.45, 7) is 0.431. The highest BCUT2D eigenvalue weighted by atomic mass is 35.5. The molecule has 0 amide bonds. The van der Waals surface area contributed by atoms with Gasteiger partial charge in [-0.15, -0.1) is 0 Å². The summed E-state index contributed by atoms with van der Waals surface area (Å²) < 4.78 is 13.4. The van der Waals surface area contributed by atoms with Gasteiger partial charge in [-0.25, -0.2) is 4.39 Å². The van der Waals surface area contributed by atoms with Crippen molar-refractivity contribution in [3.63, 3.8) is 0 Å². The van der Waals surface area contributed by atoms with Crippen LogP contribution in [-0.4, -0.2) is 0 Å². The molecule has 2 aromatic carbocycles. The second kappa shape index (κ2) is 5.39. The van der Waals surface area contributed by atoms with E-state index in [9.17, 15) is 4.39 Å². The topological polar surface area (TPSA) is 12.0 Å². The van der Waals surface area contributed by atoms with E-state index >= 15 is 0 Å². The van der Waals surface area contributed by atoms with Crippen molar-refractivity contribution in [1.29, 1.82) is 0 Å². The molecule has 2 aromatic rings. The second-order valence-corrected chi connectivity index (χ2v) is 4.41. The maximum atomic E-state index is 13.4. The fourth-order valence-corrected chi connectivity index (χ4v) is 1.85. The number of nitrogens with one attached hydrogen (secondary N) is 1. The predicted molar refractivity (Wildman–Crippen MR) is 70.2 cm³/mol. The van der Waals surface area contributed by atoms with Crippen molar-refractivity contribution in [1.82, 2.24) is 0 Å². The Balaban J connectivity index is 2.12. The summed E-state index contributed by atoms with van der Waals surface area (Å²) in [6, 6.07) is 11.7. The molecule has 2 rings (SSSR count). The number of rotatable bonds is 3. The van der Waals surface area contributed by atoms with Gasteiger partial charge in [0, 0.05) is 16.6 Å². The van der Waals surface area contributed by atoms with Gasteiger partial charge in [-0.1, -0.05) is 35.3 Å². The first kappa shape index (κ1) is 12.2. The first-order valence-electron chi connectivity index (χ1n) is 5.09. The third-order valence-corrected chi connectivity index (χ3v) is 2.95. The lowest BCUT2D eigenvalue weighted by molar-refractivity contribution is 0.630. The molecule has 1 nitrogen and oxygen atoms in total. The van der Waals surface area contributed by atoms with Gasteiger partial charge in [-0.3, -0.25) is 0 Å². The monoisotopic (exact) mass is 269 g/mol. The quantitative estimate of drug-likeness (QED) is 0.849. The number of halogens is 3. The lowest BCUT2D eigenvalue weighted by atomic mass is 10.2. The Bertz CT molecular complexity index is 529. The van der Waals surface area contributed by atoms with E-state index in [0.717, 1.165) is 5.56 Å². The van der Waals surface area contributed by atoms with E-state index in [2.05, 4.69) is 5.32 Å². The molecule has 0 aliphatic heterocycles. The number of benzene rings is 2. The largest absolute Gasteiger partial charge is 0.379 e. The third kappa shape index (κ3) is 3.11. The fourth-order valence-electron chi connectivity index (χ4n) is 1.47. The Morgan fingerprint density at radius 1 is 1.06 bits per heavy atom. The molecule has 0 saturated carbocycles. The van der Waals surface area contributed by atoms with Crippen LogP contribution < -0.4 is 5.32 Å². The molecule has 0 spiro atoms. The van der Waals surface area contributed by atoms with Crippen LogP contribution in [0.1, 0.15) is 5.56 Å². The van der Waals surface area contributed by atoms with E-state index < -0.39 is 0 Å². The van der Waals surface area contributed by atoms with Gasteiger partial charge in [-0.05, 0) is 35.9 Å². The van der Waals surface area contributed by atoms with Crippen molar-refractivity contribution in [3.05, 3.63) is 63.9 Å². The lowest BCUT2D eigenvalue weighted by Gasteiger charge is -2.09. The van der Waals surface area contributed by atoms with Crippen LogP contribution in [0.15, 0.2) is 42.5 Å². The third-order valence-electron chi connectivity index (χ3n) is 2.35. The predicted octanol–water partition coefficient (Wildman–Crippen LogP) is 4.74. The molecule has 0 aliphatic carbocycles. The Hall–Kier alpha value is -1.25. The van der Waals surface area contributed by atoms with Crippen molar-refractivity contribution in [2.75, 3.05) is 5.32 Å². The van der Waals surface area contributed by atoms with E-state index in [1.807, 2.05) is 0 Å². The molecule has 0 aliphatic rings. The summed E-state index contributed by atoms with van der Waals surface area (Å²) in [5.41, 5.74) is 1.28.